The van der Waals surface area contributed by atoms with Crippen LogP contribution in [0.2, 0.25) is 0 Å². The van der Waals surface area contributed by atoms with Crippen LogP contribution in [0.25, 0.3) is 0 Å². The number of hydrogen-bond acceptors (Lipinski definition) is 5. The third-order valence-electron chi connectivity index (χ3n) is 2.00. The van der Waals surface area contributed by atoms with Gasteiger partial charge in [-0.25, -0.2) is 0 Å². The van der Waals surface area contributed by atoms with E-state index >= 15 is 0 Å². The third-order valence-corrected chi connectivity index (χ3v) is 2.00. The van der Waals surface area contributed by atoms with Gasteiger partial charge < -0.3 is 15.3 Å². The summed E-state index contributed by atoms with van der Waals surface area (Å²) in [4.78, 5) is 20.4. The van der Waals surface area contributed by atoms with Gasteiger partial charge in [-0.15, -0.1) is 0 Å². The Morgan fingerprint density at radius 2 is 1.00 bits per heavy atom. The Kier molecular flexibility index (Phi) is 23.1. The molecule has 0 rings (SSSR count). The summed E-state index contributed by atoms with van der Waals surface area (Å²) in [6.07, 6.45) is 1.81. The molecule has 18 heavy (non-hydrogen) atoms. The summed E-state index contributed by atoms with van der Waals surface area (Å²) < 4.78 is 0. The number of aliphatic hydroxyl groups is 3. The molecule has 0 aliphatic rings. The normalized spacial score (nSPS) is 8.89. The summed E-state index contributed by atoms with van der Waals surface area (Å²) in [6, 6.07) is 0. The second-order valence-electron chi connectivity index (χ2n) is 3.51. The molecule has 0 aromatic heterocycles. The van der Waals surface area contributed by atoms with Crippen molar-refractivity contribution in [2.75, 3.05) is 13.2 Å². The second kappa shape index (κ2) is 18.6. The first-order valence-electron chi connectivity index (χ1n) is 6.36. The summed E-state index contributed by atoms with van der Waals surface area (Å²) in [7, 11) is 0. The minimum atomic E-state index is -0.954. The molecule has 110 valence electrons. The average Bonchev–Trinajstić information content (AvgIpc) is 2.45. The fourth-order valence-electron chi connectivity index (χ4n) is 0.558. The standard InChI is InChI=1S/2C5H10O.C3H8O3/c2*1-3-5(6)4-2;4-1-3(6)2-5/h2*3-4H2,1-2H3;3-6H,1-2H2. The topological polar surface area (TPSA) is 94.8 Å². The molecule has 0 aromatic rings. The van der Waals surface area contributed by atoms with E-state index in [4.69, 9.17) is 15.3 Å². The fourth-order valence-corrected chi connectivity index (χ4v) is 0.558. The summed E-state index contributed by atoms with van der Waals surface area (Å²) in [5.41, 5.74) is 0. The molecule has 0 amide bonds. The van der Waals surface area contributed by atoms with Crippen molar-refractivity contribution in [1.82, 2.24) is 0 Å². The summed E-state index contributed by atoms with van der Waals surface area (Å²) in [5.74, 6) is 0.685. The van der Waals surface area contributed by atoms with E-state index in [0.29, 0.717) is 37.2 Å². The summed E-state index contributed by atoms with van der Waals surface area (Å²) in [5, 5.41) is 24.0. The number of carbonyl (C=O) groups excluding carboxylic acids is 2. The van der Waals surface area contributed by atoms with Crippen LogP contribution in [-0.4, -0.2) is 46.2 Å². The lowest BCUT2D eigenvalue weighted by molar-refractivity contribution is -0.119. The van der Waals surface area contributed by atoms with Gasteiger partial charge in [0.1, 0.15) is 17.7 Å². The van der Waals surface area contributed by atoms with Crippen LogP contribution in [0.1, 0.15) is 53.4 Å². The molecular formula is C13H28O5. The van der Waals surface area contributed by atoms with Gasteiger partial charge in [0.15, 0.2) is 0 Å². The SMILES string of the molecule is CCC(=O)CC.CCC(=O)CC.OCC(O)CO. The van der Waals surface area contributed by atoms with Crippen molar-refractivity contribution in [1.29, 1.82) is 0 Å². The molecule has 0 saturated heterocycles. The molecule has 0 spiro atoms. The zero-order valence-corrected chi connectivity index (χ0v) is 12.0. The number of aliphatic hydroxyl groups excluding tert-OH is 3. The predicted molar refractivity (Wildman–Crippen MR) is 71.4 cm³/mol. The molecule has 0 saturated carbocycles. The lowest BCUT2D eigenvalue weighted by Crippen LogP contribution is -2.15. The van der Waals surface area contributed by atoms with Crippen LogP contribution in [0.5, 0.6) is 0 Å². The molecule has 0 aliphatic heterocycles. The maximum atomic E-state index is 10.2. The van der Waals surface area contributed by atoms with Crippen molar-refractivity contribution < 1.29 is 24.9 Å². The van der Waals surface area contributed by atoms with Crippen molar-refractivity contribution in [3.05, 3.63) is 0 Å². The van der Waals surface area contributed by atoms with Crippen molar-refractivity contribution in [3.8, 4) is 0 Å². The van der Waals surface area contributed by atoms with Crippen LogP contribution in [0.4, 0.5) is 0 Å². The van der Waals surface area contributed by atoms with E-state index in [0.717, 1.165) is 0 Å². The molecule has 0 aliphatic carbocycles. The van der Waals surface area contributed by atoms with E-state index in [9.17, 15) is 9.59 Å². The predicted octanol–water partition coefficient (Wildman–Crippen LogP) is 1.08. The Hall–Kier alpha value is -0.780. The van der Waals surface area contributed by atoms with Gasteiger partial charge in [0.25, 0.3) is 0 Å². The smallest absolute Gasteiger partial charge is 0.132 e. The quantitative estimate of drug-likeness (QED) is 0.667. The maximum absolute atomic E-state index is 10.2. The van der Waals surface area contributed by atoms with Gasteiger partial charge in [-0.3, -0.25) is 9.59 Å². The highest BCUT2D eigenvalue weighted by Gasteiger charge is 1.93. The molecule has 0 radical (unpaired) electrons. The van der Waals surface area contributed by atoms with Gasteiger partial charge in [-0.1, -0.05) is 27.7 Å². The number of hydrogen-bond donors (Lipinski definition) is 3. The lowest BCUT2D eigenvalue weighted by Gasteiger charge is -1.96. The Morgan fingerprint density at radius 1 is 0.778 bits per heavy atom. The first-order valence-corrected chi connectivity index (χ1v) is 6.36. The average molecular weight is 264 g/mol. The van der Waals surface area contributed by atoms with Crippen LogP contribution in [0.3, 0.4) is 0 Å². The molecule has 0 bridgehead atoms. The molecule has 5 heteroatoms. The van der Waals surface area contributed by atoms with Crippen LogP contribution < -0.4 is 0 Å². The van der Waals surface area contributed by atoms with E-state index < -0.39 is 6.10 Å². The van der Waals surface area contributed by atoms with Gasteiger partial charge in [-0.2, -0.15) is 0 Å². The molecule has 0 atom stereocenters. The van der Waals surface area contributed by atoms with Crippen LogP contribution in [0.15, 0.2) is 0 Å². The monoisotopic (exact) mass is 264 g/mol. The van der Waals surface area contributed by atoms with Crippen LogP contribution in [0, 0.1) is 0 Å². The molecule has 0 aromatic carbocycles. The first-order chi connectivity index (χ1) is 8.42. The number of Topliss-reactive ketones (excluding diaryl/α,β-unsaturated/α-hetero) is 2. The van der Waals surface area contributed by atoms with Crippen LogP contribution in [-0.2, 0) is 9.59 Å². The van der Waals surface area contributed by atoms with E-state index in [1.165, 1.54) is 0 Å². The highest BCUT2D eigenvalue weighted by molar-refractivity contribution is 5.77. The third kappa shape index (κ3) is 24.4. The van der Waals surface area contributed by atoms with Gasteiger partial charge >= 0.3 is 0 Å². The lowest BCUT2D eigenvalue weighted by atomic mass is 10.3. The zero-order chi connectivity index (χ0) is 15.0. The summed E-state index contributed by atoms with van der Waals surface area (Å²) in [6.45, 7) is 6.79. The van der Waals surface area contributed by atoms with E-state index in [1.54, 1.807) is 0 Å². The minimum Gasteiger partial charge on any atom is -0.394 e. The van der Waals surface area contributed by atoms with E-state index in [-0.39, 0.29) is 13.2 Å². The van der Waals surface area contributed by atoms with E-state index in [1.807, 2.05) is 27.7 Å². The van der Waals surface area contributed by atoms with Crippen molar-refractivity contribution in [2.45, 2.75) is 59.5 Å². The van der Waals surface area contributed by atoms with Gasteiger partial charge in [0.05, 0.1) is 13.2 Å². The molecule has 5 nitrogen and oxygen atoms in total. The fraction of sp³-hybridized carbons (Fsp3) is 0.846. The van der Waals surface area contributed by atoms with Gasteiger partial charge in [0, 0.05) is 25.7 Å². The number of ketones is 2. The molecule has 0 unspecified atom stereocenters. The van der Waals surface area contributed by atoms with Crippen molar-refractivity contribution >= 4 is 11.6 Å². The highest BCUT2D eigenvalue weighted by atomic mass is 16.3. The van der Waals surface area contributed by atoms with Gasteiger partial charge in [-0.05, 0) is 0 Å². The number of carbonyl (C=O) groups is 2. The molecule has 0 fully saturated rings. The summed E-state index contributed by atoms with van der Waals surface area (Å²) >= 11 is 0. The molecule has 0 heterocycles. The second-order valence-corrected chi connectivity index (χ2v) is 3.51. The Bertz CT molecular complexity index is 160. The van der Waals surface area contributed by atoms with Crippen LogP contribution >= 0.6 is 0 Å². The van der Waals surface area contributed by atoms with E-state index in [2.05, 4.69) is 0 Å². The van der Waals surface area contributed by atoms with Gasteiger partial charge in [0.2, 0.25) is 0 Å². The largest absolute Gasteiger partial charge is 0.394 e. The molecular weight excluding hydrogens is 236 g/mol. The Morgan fingerprint density at radius 3 is 1.00 bits per heavy atom. The van der Waals surface area contributed by atoms with Crippen molar-refractivity contribution in [2.24, 2.45) is 0 Å². The zero-order valence-electron chi connectivity index (χ0n) is 12.0. The van der Waals surface area contributed by atoms with Crippen molar-refractivity contribution in [3.63, 3.8) is 0 Å². The first kappa shape index (κ1) is 22.4. The maximum Gasteiger partial charge on any atom is 0.132 e. The number of rotatable bonds is 6. The minimum absolute atomic E-state index is 0.343. The Balaban J connectivity index is -0.000000187. The Labute approximate surface area is 110 Å². The molecule has 3 N–H and O–H groups in total. The highest BCUT2D eigenvalue weighted by Crippen LogP contribution is 1.83.